The minimum absolute atomic E-state index is 0.00749. The Kier molecular flexibility index (Phi) is 5.19. The van der Waals surface area contributed by atoms with Crippen LogP contribution in [0.4, 0.5) is 5.69 Å². The quantitative estimate of drug-likeness (QED) is 0.634. The zero-order chi connectivity index (χ0) is 21.3. The molecule has 0 aromatic carbocycles. The van der Waals surface area contributed by atoms with Gasteiger partial charge in [-0.05, 0) is 18.9 Å². The van der Waals surface area contributed by atoms with Crippen molar-refractivity contribution in [1.29, 1.82) is 0 Å². The molecule has 0 bridgehead atoms. The average Bonchev–Trinajstić information content (AvgIpc) is 3.38. The first-order chi connectivity index (χ1) is 14.4. The van der Waals surface area contributed by atoms with Gasteiger partial charge in [-0.15, -0.1) is 0 Å². The van der Waals surface area contributed by atoms with E-state index >= 15 is 0 Å². The highest BCUT2D eigenvalue weighted by Gasteiger charge is 2.23. The molecule has 2 amide bonds. The summed E-state index contributed by atoms with van der Waals surface area (Å²) in [4.78, 5) is 40.1. The molecular formula is C19H20N6O5. The number of pyridine rings is 1. The predicted octanol–water partition coefficient (Wildman–Crippen LogP) is 0.939. The third-order valence-corrected chi connectivity index (χ3v) is 4.85. The summed E-state index contributed by atoms with van der Waals surface area (Å²) in [5, 5.41) is 6.87. The number of aryl methyl sites for hydroxylation is 1. The molecule has 0 aliphatic carbocycles. The molecule has 0 saturated carbocycles. The molecule has 1 aliphatic heterocycles. The van der Waals surface area contributed by atoms with E-state index in [9.17, 15) is 14.4 Å². The van der Waals surface area contributed by atoms with Crippen LogP contribution in [-0.2, 0) is 11.8 Å². The SMILES string of the molecule is Cn1cc(-c2nc(C(=O)Nc3cn(C4CCOCC4)nc3C(N)=O)co2)ccc1=O. The molecule has 0 atom stereocenters. The van der Waals surface area contributed by atoms with E-state index < -0.39 is 11.8 Å². The molecular weight excluding hydrogens is 392 g/mol. The van der Waals surface area contributed by atoms with Crippen LogP contribution in [0.3, 0.4) is 0 Å². The normalized spacial score (nSPS) is 14.6. The highest BCUT2D eigenvalue weighted by atomic mass is 16.5. The Hall–Kier alpha value is -3.73. The number of primary amides is 1. The third-order valence-electron chi connectivity index (χ3n) is 4.85. The molecule has 0 spiro atoms. The topological polar surface area (TPSA) is 147 Å². The molecule has 3 aromatic rings. The van der Waals surface area contributed by atoms with Crippen LogP contribution in [0.25, 0.3) is 11.5 Å². The highest BCUT2D eigenvalue weighted by molar-refractivity contribution is 6.07. The van der Waals surface area contributed by atoms with Crippen LogP contribution in [0.2, 0.25) is 0 Å². The lowest BCUT2D eigenvalue weighted by atomic mass is 10.1. The average molecular weight is 412 g/mol. The Morgan fingerprint density at radius 2 is 2.00 bits per heavy atom. The molecule has 1 fully saturated rings. The van der Waals surface area contributed by atoms with Crippen molar-refractivity contribution in [2.45, 2.75) is 18.9 Å². The van der Waals surface area contributed by atoms with Crippen LogP contribution in [-0.4, -0.2) is 44.4 Å². The molecule has 3 aromatic heterocycles. The first-order valence-electron chi connectivity index (χ1n) is 9.33. The number of nitrogens with zero attached hydrogens (tertiary/aromatic N) is 4. The van der Waals surface area contributed by atoms with E-state index in [4.69, 9.17) is 14.9 Å². The van der Waals surface area contributed by atoms with Crippen LogP contribution in [0.15, 0.2) is 40.0 Å². The maximum Gasteiger partial charge on any atom is 0.277 e. The molecule has 1 aliphatic rings. The largest absolute Gasteiger partial charge is 0.444 e. The van der Waals surface area contributed by atoms with E-state index in [1.165, 1.54) is 16.9 Å². The number of carbonyl (C=O) groups is 2. The van der Waals surface area contributed by atoms with Crippen molar-refractivity contribution in [3.63, 3.8) is 0 Å². The van der Waals surface area contributed by atoms with Gasteiger partial charge in [0.25, 0.3) is 11.8 Å². The first kappa shape index (κ1) is 19.6. The summed E-state index contributed by atoms with van der Waals surface area (Å²) in [5.74, 6) is -1.14. The van der Waals surface area contributed by atoms with Gasteiger partial charge in [0.05, 0.1) is 17.3 Å². The van der Waals surface area contributed by atoms with Crippen LogP contribution in [0.5, 0.6) is 0 Å². The number of anilines is 1. The lowest BCUT2D eigenvalue weighted by Crippen LogP contribution is -2.21. The van der Waals surface area contributed by atoms with Gasteiger partial charge >= 0.3 is 0 Å². The van der Waals surface area contributed by atoms with Crippen LogP contribution < -0.4 is 16.6 Å². The Bertz CT molecular complexity index is 1150. The fraction of sp³-hybridized carbons (Fsp3) is 0.316. The van der Waals surface area contributed by atoms with Crippen LogP contribution in [0.1, 0.15) is 39.9 Å². The van der Waals surface area contributed by atoms with Crippen molar-refractivity contribution >= 4 is 17.5 Å². The standard InChI is InChI=1S/C19H20N6O5/c1-24-8-11(2-3-15(24)26)19-22-14(10-30-19)18(28)21-13-9-25(23-16(13)17(20)27)12-4-6-29-7-5-12/h2-3,8-10,12H,4-7H2,1H3,(H2,20,27)(H,21,28). The number of carbonyl (C=O) groups excluding carboxylic acids is 2. The molecule has 156 valence electrons. The van der Waals surface area contributed by atoms with Gasteiger partial charge in [0.2, 0.25) is 11.4 Å². The van der Waals surface area contributed by atoms with E-state index in [-0.39, 0.29) is 34.6 Å². The van der Waals surface area contributed by atoms with Gasteiger partial charge in [-0.3, -0.25) is 19.1 Å². The Morgan fingerprint density at radius 3 is 2.70 bits per heavy atom. The Labute approximate surface area is 170 Å². The highest BCUT2D eigenvalue weighted by Crippen LogP contribution is 2.24. The molecule has 4 rings (SSSR count). The molecule has 11 heteroatoms. The number of rotatable bonds is 5. The molecule has 11 nitrogen and oxygen atoms in total. The number of nitrogens with two attached hydrogens (primary N) is 1. The second-order valence-corrected chi connectivity index (χ2v) is 6.94. The number of oxazole rings is 1. The third kappa shape index (κ3) is 3.87. The summed E-state index contributed by atoms with van der Waals surface area (Å²) in [6.07, 6.45) is 5.84. The summed E-state index contributed by atoms with van der Waals surface area (Å²) in [6.45, 7) is 1.20. The number of aromatic nitrogens is 4. The number of hydrogen-bond donors (Lipinski definition) is 2. The number of ether oxygens (including phenoxy) is 1. The van der Waals surface area contributed by atoms with E-state index in [2.05, 4.69) is 15.4 Å². The van der Waals surface area contributed by atoms with Crippen molar-refractivity contribution in [3.8, 4) is 11.5 Å². The lowest BCUT2D eigenvalue weighted by molar-refractivity contribution is 0.0661. The zero-order valence-corrected chi connectivity index (χ0v) is 16.2. The van der Waals surface area contributed by atoms with Crippen molar-refractivity contribution in [2.75, 3.05) is 18.5 Å². The van der Waals surface area contributed by atoms with E-state index in [0.717, 1.165) is 12.8 Å². The van der Waals surface area contributed by atoms with Gasteiger partial charge in [0.15, 0.2) is 11.4 Å². The predicted molar refractivity (Wildman–Crippen MR) is 105 cm³/mol. The van der Waals surface area contributed by atoms with E-state index in [0.29, 0.717) is 18.8 Å². The van der Waals surface area contributed by atoms with Crippen molar-refractivity contribution < 1.29 is 18.7 Å². The van der Waals surface area contributed by atoms with Gasteiger partial charge in [0, 0.05) is 38.7 Å². The molecule has 0 unspecified atom stereocenters. The van der Waals surface area contributed by atoms with Gasteiger partial charge in [0.1, 0.15) is 6.26 Å². The Morgan fingerprint density at radius 1 is 1.23 bits per heavy atom. The number of amides is 2. The second-order valence-electron chi connectivity index (χ2n) is 6.94. The summed E-state index contributed by atoms with van der Waals surface area (Å²) >= 11 is 0. The van der Waals surface area contributed by atoms with Gasteiger partial charge in [-0.2, -0.15) is 5.10 Å². The number of hydrogen-bond acceptors (Lipinski definition) is 7. The van der Waals surface area contributed by atoms with Gasteiger partial charge in [-0.1, -0.05) is 0 Å². The van der Waals surface area contributed by atoms with Gasteiger partial charge in [-0.25, -0.2) is 4.98 Å². The maximum atomic E-state index is 12.6. The van der Waals surface area contributed by atoms with E-state index in [1.54, 1.807) is 30.2 Å². The fourth-order valence-corrected chi connectivity index (χ4v) is 3.22. The number of nitrogens with one attached hydrogen (secondary N) is 1. The minimum atomic E-state index is -0.748. The zero-order valence-electron chi connectivity index (χ0n) is 16.2. The van der Waals surface area contributed by atoms with Crippen LogP contribution >= 0.6 is 0 Å². The monoisotopic (exact) mass is 412 g/mol. The van der Waals surface area contributed by atoms with Gasteiger partial charge < -0.3 is 24.8 Å². The van der Waals surface area contributed by atoms with Crippen molar-refractivity contribution in [3.05, 3.63) is 52.5 Å². The fourth-order valence-electron chi connectivity index (χ4n) is 3.22. The minimum Gasteiger partial charge on any atom is -0.444 e. The second kappa shape index (κ2) is 7.95. The summed E-state index contributed by atoms with van der Waals surface area (Å²) in [5.41, 5.74) is 5.97. The smallest absolute Gasteiger partial charge is 0.277 e. The summed E-state index contributed by atoms with van der Waals surface area (Å²) < 4.78 is 13.7. The molecule has 1 saturated heterocycles. The molecule has 30 heavy (non-hydrogen) atoms. The summed E-state index contributed by atoms with van der Waals surface area (Å²) in [7, 11) is 1.60. The van der Waals surface area contributed by atoms with Crippen LogP contribution in [0, 0.1) is 0 Å². The van der Waals surface area contributed by atoms with Crippen molar-refractivity contribution in [2.24, 2.45) is 12.8 Å². The van der Waals surface area contributed by atoms with E-state index in [1.807, 2.05) is 0 Å². The summed E-state index contributed by atoms with van der Waals surface area (Å²) in [6, 6.07) is 2.99. The molecule has 3 N–H and O–H groups in total. The first-order valence-corrected chi connectivity index (χ1v) is 9.33. The maximum absolute atomic E-state index is 12.6. The Balaban J connectivity index is 1.55. The lowest BCUT2D eigenvalue weighted by Gasteiger charge is -2.22. The molecule has 4 heterocycles. The van der Waals surface area contributed by atoms with Crippen molar-refractivity contribution in [1.82, 2.24) is 19.3 Å². The molecule has 0 radical (unpaired) electrons.